The third kappa shape index (κ3) is 3.37. The normalized spacial score (nSPS) is 11.0. The van der Waals surface area contributed by atoms with E-state index < -0.39 is 0 Å². The highest BCUT2D eigenvalue weighted by Gasteiger charge is 2.04. The molecule has 0 bridgehead atoms. The second-order valence-electron chi connectivity index (χ2n) is 5.11. The molecule has 1 nitrogen and oxygen atoms in total. The summed E-state index contributed by atoms with van der Waals surface area (Å²) in [5.74, 6) is 0.565. The van der Waals surface area contributed by atoms with Crippen molar-refractivity contribution in [1.82, 2.24) is 5.32 Å². The lowest BCUT2D eigenvalue weighted by Crippen LogP contribution is -2.05. The second kappa shape index (κ2) is 6.23. The average molecular weight is 274 g/mol. The number of nitrogens with one attached hydrogen (secondary N) is 1. The summed E-state index contributed by atoms with van der Waals surface area (Å²) >= 11 is 6.30. The summed E-state index contributed by atoms with van der Waals surface area (Å²) in [6, 6.07) is 15.0. The molecule has 2 aromatic carbocycles. The first-order valence-electron chi connectivity index (χ1n) is 6.65. The summed E-state index contributed by atoms with van der Waals surface area (Å²) < 4.78 is 0. The fraction of sp³-hybridized carbons (Fsp3) is 0.294. The highest BCUT2D eigenvalue weighted by atomic mass is 35.5. The van der Waals surface area contributed by atoms with Gasteiger partial charge in [-0.3, -0.25) is 0 Å². The minimum Gasteiger partial charge on any atom is -0.316 e. The van der Waals surface area contributed by atoms with Crippen molar-refractivity contribution >= 4 is 11.6 Å². The smallest absolute Gasteiger partial charge is 0.0457 e. The van der Waals surface area contributed by atoms with Gasteiger partial charge < -0.3 is 5.32 Å². The Morgan fingerprint density at radius 3 is 2.16 bits per heavy atom. The molecule has 0 heterocycles. The number of rotatable bonds is 4. The van der Waals surface area contributed by atoms with Crippen LogP contribution in [0, 0.1) is 0 Å². The van der Waals surface area contributed by atoms with Gasteiger partial charge in [0.2, 0.25) is 0 Å². The zero-order valence-electron chi connectivity index (χ0n) is 11.7. The summed E-state index contributed by atoms with van der Waals surface area (Å²) in [5.41, 5.74) is 4.87. The van der Waals surface area contributed by atoms with Crippen LogP contribution in [0.25, 0.3) is 11.1 Å². The molecule has 19 heavy (non-hydrogen) atoms. The Hall–Kier alpha value is -1.31. The molecule has 0 spiro atoms. The molecule has 2 rings (SSSR count). The van der Waals surface area contributed by atoms with Crippen LogP contribution >= 0.6 is 11.6 Å². The van der Waals surface area contributed by atoms with Gasteiger partial charge >= 0.3 is 0 Å². The Morgan fingerprint density at radius 1 is 1.00 bits per heavy atom. The number of benzene rings is 2. The van der Waals surface area contributed by atoms with Crippen LogP contribution in [0.2, 0.25) is 5.02 Å². The van der Waals surface area contributed by atoms with Crippen molar-refractivity contribution in [2.24, 2.45) is 0 Å². The molecular formula is C17H20ClN. The summed E-state index contributed by atoms with van der Waals surface area (Å²) in [5, 5.41) is 3.94. The summed E-state index contributed by atoms with van der Waals surface area (Å²) in [6.07, 6.45) is 0. The average Bonchev–Trinajstić information content (AvgIpc) is 2.41. The van der Waals surface area contributed by atoms with Crippen molar-refractivity contribution in [3.05, 3.63) is 58.6 Å². The van der Waals surface area contributed by atoms with E-state index in [1.165, 1.54) is 16.7 Å². The molecule has 100 valence electrons. The maximum Gasteiger partial charge on any atom is 0.0457 e. The fourth-order valence-electron chi connectivity index (χ4n) is 2.12. The zero-order chi connectivity index (χ0) is 13.8. The quantitative estimate of drug-likeness (QED) is 0.840. The predicted molar refractivity (Wildman–Crippen MR) is 83.7 cm³/mol. The van der Waals surface area contributed by atoms with Crippen molar-refractivity contribution in [3.63, 3.8) is 0 Å². The SMILES string of the molecule is CNCc1ccc(-c2ccc(C(C)C)cc2)cc1Cl. The standard InChI is InChI=1S/C17H20ClN/c1-12(2)13-4-6-14(7-5-13)15-8-9-16(11-19-3)17(18)10-15/h4-10,12,19H,11H2,1-3H3. The Morgan fingerprint density at radius 2 is 1.63 bits per heavy atom. The van der Waals surface area contributed by atoms with Gasteiger partial charge in [0.25, 0.3) is 0 Å². The van der Waals surface area contributed by atoms with E-state index in [-0.39, 0.29) is 0 Å². The number of halogens is 1. The van der Waals surface area contributed by atoms with E-state index in [2.05, 4.69) is 55.6 Å². The lowest BCUT2D eigenvalue weighted by Gasteiger charge is -2.09. The fourth-order valence-corrected chi connectivity index (χ4v) is 2.37. The molecule has 2 aromatic rings. The molecule has 0 aromatic heterocycles. The molecule has 0 saturated carbocycles. The molecule has 0 unspecified atom stereocenters. The minimum absolute atomic E-state index is 0.565. The van der Waals surface area contributed by atoms with E-state index in [4.69, 9.17) is 11.6 Å². The van der Waals surface area contributed by atoms with Crippen LogP contribution in [0.15, 0.2) is 42.5 Å². The molecule has 0 atom stereocenters. The van der Waals surface area contributed by atoms with Gasteiger partial charge in [-0.05, 0) is 41.3 Å². The lowest BCUT2D eigenvalue weighted by molar-refractivity contribution is 0.818. The van der Waals surface area contributed by atoms with Crippen LogP contribution in [0.5, 0.6) is 0 Å². The monoisotopic (exact) mass is 273 g/mol. The predicted octanol–water partition coefficient (Wildman–Crippen LogP) is 4.85. The third-order valence-electron chi connectivity index (χ3n) is 3.33. The van der Waals surface area contributed by atoms with Crippen LogP contribution in [-0.2, 0) is 6.54 Å². The largest absolute Gasteiger partial charge is 0.316 e. The summed E-state index contributed by atoms with van der Waals surface area (Å²) in [4.78, 5) is 0. The topological polar surface area (TPSA) is 12.0 Å². The van der Waals surface area contributed by atoms with Gasteiger partial charge in [-0.2, -0.15) is 0 Å². The maximum atomic E-state index is 6.30. The maximum absolute atomic E-state index is 6.30. The van der Waals surface area contributed by atoms with E-state index >= 15 is 0 Å². The van der Waals surface area contributed by atoms with Crippen molar-refractivity contribution in [2.75, 3.05) is 7.05 Å². The van der Waals surface area contributed by atoms with Gasteiger partial charge in [-0.15, -0.1) is 0 Å². The first kappa shape index (κ1) is 14.1. The van der Waals surface area contributed by atoms with Gasteiger partial charge in [0, 0.05) is 11.6 Å². The third-order valence-corrected chi connectivity index (χ3v) is 3.68. The minimum atomic E-state index is 0.565. The Kier molecular flexibility index (Phi) is 4.62. The van der Waals surface area contributed by atoms with E-state index in [9.17, 15) is 0 Å². The van der Waals surface area contributed by atoms with Crippen molar-refractivity contribution < 1.29 is 0 Å². The highest BCUT2D eigenvalue weighted by molar-refractivity contribution is 6.31. The van der Waals surface area contributed by atoms with Gasteiger partial charge in [0.1, 0.15) is 0 Å². The number of hydrogen-bond acceptors (Lipinski definition) is 1. The van der Waals surface area contributed by atoms with Crippen molar-refractivity contribution in [1.29, 1.82) is 0 Å². The van der Waals surface area contributed by atoms with Crippen molar-refractivity contribution in [2.45, 2.75) is 26.3 Å². The zero-order valence-corrected chi connectivity index (χ0v) is 12.5. The molecule has 0 aliphatic heterocycles. The molecule has 0 aliphatic rings. The van der Waals surface area contributed by atoms with Crippen LogP contribution in [0.1, 0.15) is 30.9 Å². The number of hydrogen-bond donors (Lipinski definition) is 1. The first-order chi connectivity index (χ1) is 9.11. The van der Waals surface area contributed by atoms with Gasteiger partial charge in [0.15, 0.2) is 0 Å². The Bertz CT molecular complexity index is 544. The first-order valence-corrected chi connectivity index (χ1v) is 7.03. The summed E-state index contributed by atoms with van der Waals surface area (Å²) in [7, 11) is 1.93. The summed E-state index contributed by atoms with van der Waals surface area (Å²) in [6.45, 7) is 5.21. The lowest BCUT2D eigenvalue weighted by atomic mass is 9.98. The van der Waals surface area contributed by atoms with Crippen molar-refractivity contribution in [3.8, 4) is 11.1 Å². The van der Waals surface area contributed by atoms with Gasteiger partial charge in [-0.1, -0.05) is 61.8 Å². The van der Waals surface area contributed by atoms with Gasteiger partial charge in [-0.25, -0.2) is 0 Å². The molecule has 0 fully saturated rings. The van der Waals surface area contributed by atoms with Crippen LogP contribution < -0.4 is 5.32 Å². The van der Waals surface area contributed by atoms with Gasteiger partial charge in [0.05, 0.1) is 0 Å². The Balaban J connectivity index is 2.29. The van der Waals surface area contributed by atoms with Crippen LogP contribution in [0.3, 0.4) is 0 Å². The van der Waals surface area contributed by atoms with Crippen LogP contribution in [-0.4, -0.2) is 7.05 Å². The highest BCUT2D eigenvalue weighted by Crippen LogP contribution is 2.27. The van der Waals surface area contributed by atoms with E-state index in [0.29, 0.717) is 5.92 Å². The van der Waals surface area contributed by atoms with E-state index in [1.54, 1.807) is 0 Å². The Labute approximate surface area is 120 Å². The van der Waals surface area contributed by atoms with E-state index in [1.807, 2.05) is 13.1 Å². The molecule has 1 N–H and O–H groups in total. The molecule has 0 saturated heterocycles. The second-order valence-corrected chi connectivity index (χ2v) is 5.52. The molecule has 0 aliphatic carbocycles. The van der Waals surface area contributed by atoms with E-state index in [0.717, 1.165) is 17.1 Å². The molecule has 0 radical (unpaired) electrons. The molecule has 2 heteroatoms. The molecule has 0 amide bonds. The molecular weight excluding hydrogens is 254 g/mol. The van der Waals surface area contributed by atoms with Crippen LogP contribution in [0.4, 0.5) is 0 Å².